The number of benzene rings is 1. The molecule has 8 nitrogen and oxygen atoms in total. The number of nitrogens with zero attached hydrogens (tertiary/aromatic N) is 3. The maximum absolute atomic E-state index is 13.2. The number of carbonyl (C=O) groups excluding carboxylic acids is 1. The van der Waals surface area contributed by atoms with Crippen LogP contribution in [0.5, 0.6) is 11.5 Å². The Morgan fingerprint density at radius 2 is 1.81 bits per heavy atom. The third-order valence-electron chi connectivity index (χ3n) is 6.34. The molecule has 0 bridgehead atoms. The first kappa shape index (κ1) is 24.2. The molecule has 1 amide bonds. The predicted octanol–water partition coefficient (Wildman–Crippen LogP) is 3.99. The first-order valence-corrected chi connectivity index (χ1v) is 12.0. The van der Waals surface area contributed by atoms with E-state index in [1.807, 2.05) is 18.2 Å². The maximum Gasteiger partial charge on any atom is 0.490 e. The lowest BCUT2D eigenvalue weighted by Crippen LogP contribution is -2.49. The van der Waals surface area contributed by atoms with Gasteiger partial charge >= 0.3 is 12.1 Å². The van der Waals surface area contributed by atoms with E-state index in [9.17, 15) is 18.0 Å². The Hall–Kier alpha value is -3.51. The first-order valence-electron chi connectivity index (χ1n) is 11.1. The molecule has 3 aromatic rings. The summed E-state index contributed by atoms with van der Waals surface area (Å²) in [4.78, 5) is 27.8. The SMILES string of the molecule is O=C(O)C(F)(F)F.O=C1c2cccn2C2CN(Cc3ccc4c(c3)OCO4)CC2N1Cc1cccs1. The van der Waals surface area contributed by atoms with Gasteiger partial charge in [0.15, 0.2) is 11.5 Å². The number of rotatable bonds is 4. The van der Waals surface area contributed by atoms with Crippen molar-refractivity contribution in [1.82, 2.24) is 14.4 Å². The monoisotopic (exact) mass is 521 g/mol. The van der Waals surface area contributed by atoms with Gasteiger partial charge in [-0.15, -0.1) is 11.3 Å². The highest BCUT2D eigenvalue weighted by atomic mass is 32.1. The summed E-state index contributed by atoms with van der Waals surface area (Å²) >= 11 is 1.71. The summed E-state index contributed by atoms with van der Waals surface area (Å²) in [5.41, 5.74) is 2.00. The Kier molecular flexibility index (Phi) is 6.39. The van der Waals surface area contributed by atoms with Crippen molar-refractivity contribution in [2.45, 2.75) is 31.3 Å². The molecule has 0 spiro atoms. The summed E-state index contributed by atoms with van der Waals surface area (Å²) < 4.78 is 44.9. The number of ether oxygens (including phenoxy) is 2. The van der Waals surface area contributed by atoms with Crippen molar-refractivity contribution in [1.29, 1.82) is 0 Å². The van der Waals surface area contributed by atoms with Gasteiger partial charge in [-0.2, -0.15) is 13.2 Å². The van der Waals surface area contributed by atoms with Gasteiger partial charge in [-0.25, -0.2) is 4.79 Å². The molecule has 6 rings (SSSR count). The Labute approximate surface area is 208 Å². The highest BCUT2D eigenvalue weighted by Gasteiger charge is 2.45. The van der Waals surface area contributed by atoms with Crippen molar-refractivity contribution in [3.8, 4) is 11.5 Å². The number of alkyl halides is 3. The number of likely N-dealkylation sites (tertiary alicyclic amines) is 1. The standard InChI is InChI=1S/C22H21N3O3S.C2HF3O2/c26-22-17-4-1-7-24(17)18-12-23(10-15-5-6-20-21(9-15)28-14-27-20)13-19(18)25(22)11-16-3-2-8-29-16;3-2(4,5)1(6)7/h1-9,18-19H,10-14H2;(H,6,7). The number of aliphatic carboxylic acids is 1. The summed E-state index contributed by atoms with van der Waals surface area (Å²) in [6.07, 6.45) is -3.03. The van der Waals surface area contributed by atoms with Crippen LogP contribution in [0.4, 0.5) is 13.2 Å². The molecule has 2 atom stereocenters. The van der Waals surface area contributed by atoms with E-state index in [2.05, 4.69) is 50.2 Å². The summed E-state index contributed by atoms with van der Waals surface area (Å²) in [7, 11) is 0. The smallest absolute Gasteiger partial charge is 0.475 e. The second-order valence-electron chi connectivity index (χ2n) is 8.63. The highest BCUT2D eigenvalue weighted by Crippen LogP contribution is 2.37. The molecule has 0 radical (unpaired) electrons. The van der Waals surface area contributed by atoms with Gasteiger partial charge in [0.1, 0.15) is 5.69 Å². The maximum atomic E-state index is 13.2. The Morgan fingerprint density at radius 1 is 1.06 bits per heavy atom. The molecule has 0 saturated carbocycles. The van der Waals surface area contributed by atoms with Gasteiger partial charge in [0, 0.05) is 30.7 Å². The third-order valence-corrected chi connectivity index (χ3v) is 7.20. The van der Waals surface area contributed by atoms with Crippen LogP contribution in [0, 0.1) is 0 Å². The topological polar surface area (TPSA) is 84.2 Å². The van der Waals surface area contributed by atoms with E-state index in [1.54, 1.807) is 11.3 Å². The number of carboxylic acids is 1. The van der Waals surface area contributed by atoms with E-state index in [-0.39, 0.29) is 18.0 Å². The molecular formula is C24H22F3N3O5S. The largest absolute Gasteiger partial charge is 0.490 e. The minimum absolute atomic E-state index is 0.134. The lowest BCUT2D eigenvalue weighted by atomic mass is 10.1. The lowest BCUT2D eigenvalue weighted by Gasteiger charge is -2.38. The summed E-state index contributed by atoms with van der Waals surface area (Å²) in [6.45, 7) is 3.60. The number of halogens is 3. The molecule has 1 fully saturated rings. The number of carboxylic acid groups (broad SMARTS) is 1. The van der Waals surface area contributed by atoms with E-state index in [1.165, 1.54) is 10.4 Å². The normalized spacial score (nSPS) is 20.5. The van der Waals surface area contributed by atoms with Gasteiger partial charge in [0.25, 0.3) is 5.91 Å². The molecule has 2 aromatic heterocycles. The zero-order valence-electron chi connectivity index (χ0n) is 18.9. The van der Waals surface area contributed by atoms with Gasteiger partial charge in [0.05, 0.1) is 18.6 Å². The van der Waals surface area contributed by atoms with E-state index in [4.69, 9.17) is 19.4 Å². The molecule has 1 saturated heterocycles. The Morgan fingerprint density at radius 3 is 2.53 bits per heavy atom. The van der Waals surface area contributed by atoms with Crippen molar-refractivity contribution in [3.63, 3.8) is 0 Å². The number of carbonyl (C=O) groups is 2. The van der Waals surface area contributed by atoms with Crippen molar-refractivity contribution in [2.24, 2.45) is 0 Å². The minimum atomic E-state index is -5.08. The van der Waals surface area contributed by atoms with Crippen LogP contribution < -0.4 is 9.47 Å². The van der Waals surface area contributed by atoms with Crippen molar-refractivity contribution in [3.05, 3.63) is 70.2 Å². The van der Waals surface area contributed by atoms with E-state index < -0.39 is 12.1 Å². The fraction of sp³-hybridized carbons (Fsp3) is 0.333. The van der Waals surface area contributed by atoms with E-state index in [0.29, 0.717) is 13.3 Å². The van der Waals surface area contributed by atoms with Crippen LogP contribution in [0.25, 0.3) is 0 Å². The van der Waals surface area contributed by atoms with Crippen LogP contribution >= 0.6 is 11.3 Å². The number of hydrogen-bond acceptors (Lipinski definition) is 6. The summed E-state index contributed by atoms with van der Waals surface area (Å²) in [6, 6.07) is 14.7. The van der Waals surface area contributed by atoms with Crippen LogP contribution in [0.15, 0.2) is 54.0 Å². The molecule has 36 heavy (non-hydrogen) atoms. The third kappa shape index (κ3) is 4.78. The van der Waals surface area contributed by atoms with Gasteiger partial charge in [-0.05, 0) is 41.3 Å². The van der Waals surface area contributed by atoms with Gasteiger partial charge in [-0.1, -0.05) is 12.1 Å². The zero-order valence-corrected chi connectivity index (χ0v) is 19.7. The number of aromatic nitrogens is 1. The van der Waals surface area contributed by atoms with Crippen molar-refractivity contribution < 1.29 is 37.3 Å². The minimum Gasteiger partial charge on any atom is -0.475 e. The fourth-order valence-electron chi connectivity index (χ4n) is 4.77. The van der Waals surface area contributed by atoms with Gasteiger partial charge < -0.3 is 24.0 Å². The van der Waals surface area contributed by atoms with Crippen LogP contribution in [-0.2, 0) is 17.9 Å². The number of hydrogen-bond donors (Lipinski definition) is 1. The van der Waals surface area contributed by atoms with E-state index in [0.717, 1.165) is 36.8 Å². The van der Waals surface area contributed by atoms with Crippen molar-refractivity contribution in [2.75, 3.05) is 19.9 Å². The van der Waals surface area contributed by atoms with Gasteiger partial charge in [0.2, 0.25) is 6.79 Å². The van der Waals surface area contributed by atoms with Crippen molar-refractivity contribution >= 4 is 23.2 Å². The molecule has 5 heterocycles. The van der Waals surface area contributed by atoms with Crippen LogP contribution in [-0.4, -0.2) is 63.5 Å². The molecule has 2 unspecified atom stereocenters. The summed E-state index contributed by atoms with van der Waals surface area (Å²) in [5, 5.41) is 9.20. The van der Waals surface area contributed by atoms with Crippen LogP contribution in [0.3, 0.4) is 0 Å². The fourth-order valence-corrected chi connectivity index (χ4v) is 5.48. The first-order chi connectivity index (χ1) is 17.2. The highest BCUT2D eigenvalue weighted by molar-refractivity contribution is 7.09. The quantitative estimate of drug-likeness (QED) is 0.559. The molecule has 1 aromatic carbocycles. The predicted molar refractivity (Wildman–Crippen MR) is 123 cm³/mol. The van der Waals surface area contributed by atoms with Gasteiger partial charge in [-0.3, -0.25) is 9.69 Å². The molecule has 12 heteroatoms. The number of thiophene rings is 1. The molecule has 1 N–H and O–H groups in total. The van der Waals surface area contributed by atoms with E-state index >= 15 is 0 Å². The second-order valence-corrected chi connectivity index (χ2v) is 9.66. The lowest BCUT2D eigenvalue weighted by molar-refractivity contribution is -0.192. The number of amides is 1. The Bertz CT molecular complexity index is 1260. The molecule has 190 valence electrons. The zero-order chi connectivity index (χ0) is 25.4. The molecule has 3 aliphatic rings. The number of fused-ring (bicyclic) bond motifs is 4. The molecular weight excluding hydrogens is 499 g/mol. The van der Waals surface area contributed by atoms with Crippen LogP contribution in [0.2, 0.25) is 0 Å². The average Bonchev–Trinajstić information content (AvgIpc) is 3.63. The molecule has 3 aliphatic heterocycles. The average molecular weight is 522 g/mol. The van der Waals surface area contributed by atoms with Crippen LogP contribution in [0.1, 0.15) is 27.0 Å². The molecule has 0 aliphatic carbocycles. The Balaban J connectivity index is 0.000000338. The second kappa shape index (κ2) is 9.51. The summed E-state index contributed by atoms with van der Waals surface area (Å²) in [5.74, 6) is -0.989.